The van der Waals surface area contributed by atoms with Gasteiger partial charge in [-0.15, -0.1) is 11.3 Å². The minimum Gasteiger partial charge on any atom is -0.143 e. The lowest BCUT2D eigenvalue weighted by Gasteiger charge is -2.24. The molecule has 0 bridgehead atoms. The second kappa shape index (κ2) is 4.03. The summed E-state index contributed by atoms with van der Waals surface area (Å²) >= 11 is 9.20. The summed E-state index contributed by atoms with van der Waals surface area (Å²) in [5, 5.41) is 0. The van der Waals surface area contributed by atoms with Crippen molar-refractivity contribution in [2.45, 2.75) is 32.5 Å². The lowest BCUT2D eigenvalue weighted by Crippen LogP contribution is -2.11. The summed E-state index contributed by atoms with van der Waals surface area (Å²) in [7, 11) is 0. The van der Waals surface area contributed by atoms with Crippen molar-refractivity contribution in [3.63, 3.8) is 0 Å². The van der Waals surface area contributed by atoms with Gasteiger partial charge in [-0.2, -0.15) is 0 Å². The smallest absolute Gasteiger partial charge is 0.0548 e. The van der Waals surface area contributed by atoms with E-state index < -0.39 is 0 Å². The fourth-order valence-electron chi connectivity index (χ4n) is 1.07. The highest BCUT2D eigenvalue weighted by molar-refractivity contribution is 9.11. The third kappa shape index (κ3) is 2.80. The number of hydrogen-bond acceptors (Lipinski definition) is 1. The van der Waals surface area contributed by atoms with Gasteiger partial charge in [0.05, 0.1) is 4.83 Å². The third-order valence-corrected chi connectivity index (χ3v) is 6.00. The fraction of sp³-hybridized carbons (Fsp3) is 0.600. The van der Waals surface area contributed by atoms with Crippen LogP contribution in [0.2, 0.25) is 0 Å². The van der Waals surface area contributed by atoms with Gasteiger partial charge in [-0.1, -0.05) is 36.7 Å². The average Bonchev–Trinajstić information content (AvgIpc) is 2.26. The van der Waals surface area contributed by atoms with Crippen LogP contribution in [0.1, 0.15) is 35.4 Å². The van der Waals surface area contributed by atoms with Crippen molar-refractivity contribution in [1.29, 1.82) is 0 Å². The van der Waals surface area contributed by atoms with Crippen molar-refractivity contribution in [2.24, 2.45) is 5.41 Å². The Morgan fingerprint density at radius 1 is 1.38 bits per heavy atom. The van der Waals surface area contributed by atoms with Gasteiger partial charge in [0, 0.05) is 14.2 Å². The molecule has 13 heavy (non-hydrogen) atoms. The van der Waals surface area contributed by atoms with Crippen molar-refractivity contribution in [1.82, 2.24) is 0 Å². The van der Waals surface area contributed by atoms with E-state index in [1.807, 2.05) is 11.3 Å². The predicted molar refractivity (Wildman–Crippen MR) is 67.9 cm³/mol. The average molecular weight is 326 g/mol. The second-order valence-corrected chi connectivity index (χ2v) is 7.36. The van der Waals surface area contributed by atoms with Crippen LogP contribution in [0, 0.1) is 12.3 Å². The molecular weight excluding hydrogens is 312 g/mol. The number of aryl methyl sites for hydroxylation is 1. The summed E-state index contributed by atoms with van der Waals surface area (Å²) in [6.45, 7) is 8.87. The highest BCUT2D eigenvalue weighted by Gasteiger charge is 2.26. The lowest BCUT2D eigenvalue weighted by atomic mass is 9.91. The van der Waals surface area contributed by atoms with Crippen LogP contribution in [0.15, 0.2) is 10.5 Å². The summed E-state index contributed by atoms with van der Waals surface area (Å²) in [4.78, 5) is 3.17. The molecule has 0 amide bonds. The van der Waals surface area contributed by atoms with E-state index >= 15 is 0 Å². The van der Waals surface area contributed by atoms with Crippen LogP contribution in [0.3, 0.4) is 0 Å². The quantitative estimate of drug-likeness (QED) is 0.614. The van der Waals surface area contributed by atoms with Gasteiger partial charge in [-0.25, -0.2) is 0 Å². The van der Waals surface area contributed by atoms with Crippen LogP contribution in [0.5, 0.6) is 0 Å². The Morgan fingerprint density at radius 3 is 2.23 bits per heavy atom. The van der Waals surface area contributed by atoms with Gasteiger partial charge in [0.2, 0.25) is 0 Å². The first-order valence-electron chi connectivity index (χ1n) is 4.22. The van der Waals surface area contributed by atoms with Crippen LogP contribution in [0.4, 0.5) is 0 Å². The molecule has 0 aromatic carbocycles. The normalized spacial score (nSPS) is 14.6. The first kappa shape index (κ1) is 11.7. The zero-order chi connectivity index (χ0) is 10.2. The maximum atomic E-state index is 3.75. The van der Waals surface area contributed by atoms with Crippen LogP contribution < -0.4 is 0 Å². The monoisotopic (exact) mass is 324 g/mol. The summed E-state index contributed by atoms with van der Waals surface area (Å²) in [6.07, 6.45) is 0. The molecule has 0 N–H and O–H groups in total. The largest absolute Gasteiger partial charge is 0.143 e. The van der Waals surface area contributed by atoms with Gasteiger partial charge in [-0.05, 0) is 34.3 Å². The van der Waals surface area contributed by atoms with Crippen molar-refractivity contribution < 1.29 is 0 Å². The molecule has 1 heterocycles. The molecule has 0 nitrogen and oxygen atoms in total. The molecule has 1 aromatic rings. The Labute approximate surface area is 101 Å². The van der Waals surface area contributed by atoms with E-state index in [0.29, 0.717) is 4.83 Å². The van der Waals surface area contributed by atoms with Crippen molar-refractivity contribution in [3.05, 3.63) is 20.3 Å². The van der Waals surface area contributed by atoms with Gasteiger partial charge in [0.25, 0.3) is 0 Å². The zero-order valence-electron chi connectivity index (χ0n) is 8.32. The lowest BCUT2D eigenvalue weighted by molar-refractivity contribution is 0.410. The van der Waals surface area contributed by atoms with E-state index in [9.17, 15) is 0 Å². The molecule has 0 radical (unpaired) electrons. The standard InChI is InChI=1S/C10H14Br2S/c1-6-5-7(11)8(13-6)9(12)10(2,3)4/h5,9H,1-4H3. The molecule has 1 rings (SSSR count). The second-order valence-electron chi connectivity index (χ2n) is 4.30. The molecule has 0 spiro atoms. The van der Waals surface area contributed by atoms with Crippen molar-refractivity contribution in [3.8, 4) is 0 Å². The first-order chi connectivity index (χ1) is 5.82. The molecule has 0 aliphatic rings. The minimum absolute atomic E-state index is 0.264. The van der Waals surface area contributed by atoms with Gasteiger partial charge >= 0.3 is 0 Å². The Bertz CT molecular complexity index is 296. The number of halogens is 2. The Morgan fingerprint density at radius 2 is 1.92 bits per heavy atom. The van der Waals surface area contributed by atoms with Crippen LogP contribution in [-0.4, -0.2) is 0 Å². The van der Waals surface area contributed by atoms with Gasteiger partial charge in [0.1, 0.15) is 0 Å². The highest BCUT2D eigenvalue weighted by atomic mass is 79.9. The molecule has 1 aromatic heterocycles. The number of rotatable bonds is 1. The number of hydrogen-bond donors (Lipinski definition) is 0. The molecule has 3 heteroatoms. The molecule has 0 saturated heterocycles. The van der Waals surface area contributed by atoms with Crippen molar-refractivity contribution in [2.75, 3.05) is 0 Å². The van der Waals surface area contributed by atoms with Gasteiger partial charge in [0.15, 0.2) is 0 Å². The van der Waals surface area contributed by atoms with Crippen LogP contribution >= 0.6 is 43.2 Å². The third-order valence-electron chi connectivity index (χ3n) is 1.83. The van der Waals surface area contributed by atoms with E-state index in [1.54, 1.807) is 0 Å². The first-order valence-corrected chi connectivity index (χ1v) is 6.75. The van der Waals surface area contributed by atoms with Gasteiger partial charge < -0.3 is 0 Å². The molecule has 1 unspecified atom stereocenters. The Balaban J connectivity index is 3.01. The SMILES string of the molecule is Cc1cc(Br)c(C(Br)C(C)(C)C)s1. The van der Waals surface area contributed by atoms with E-state index in [0.717, 1.165) is 0 Å². The molecule has 0 aliphatic carbocycles. The summed E-state index contributed by atoms with van der Waals surface area (Å²) in [5.74, 6) is 0. The van der Waals surface area contributed by atoms with E-state index in [-0.39, 0.29) is 5.41 Å². The zero-order valence-corrected chi connectivity index (χ0v) is 12.3. The van der Waals surface area contributed by atoms with E-state index in [1.165, 1.54) is 14.2 Å². The fourth-order valence-corrected chi connectivity index (χ4v) is 4.01. The van der Waals surface area contributed by atoms with E-state index in [4.69, 9.17) is 0 Å². The minimum atomic E-state index is 0.264. The highest BCUT2D eigenvalue weighted by Crippen LogP contribution is 2.46. The maximum Gasteiger partial charge on any atom is 0.0548 e. The Hall–Kier alpha value is 0.660. The Kier molecular flexibility index (Phi) is 3.64. The van der Waals surface area contributed by atoms with Crippen LogP contribution in [0.25, 0.3) is 0 Å². The molecule has 0 aliphatic heterocycles. The number of thiophene rings is 1. The molecule has 1 atom stereocenters. The van der Waals surface area contributed by atoms with E-state index in [2.05, 4.69) is 65.6 Å². The maximum absolute atomic E-state index is 3.75. The predicted octanol–water partition coefficient (Wildman–Crippen LogP) is 5.30. The molecule has 0 saturated carbocycles. The number of alkyl halides is 1. The summed E-state index contributed by atoms with van der Waals surface area (Å²) in [6, 6.07) is 2.18. The molecule has 74 valence electrons. The molecular formula is C10H14Br2S. The van der Waals surface area contributed by atoms with Crippen LogP contribution in [-0.2, 0) is 0 Å². The summed E-state index contributed by atoms with van der Waals surface area (Å²) < 4.78 is 1.23. The topological polar surface area (TPSA) is 0 Å². The van der Waals surface area contributed by atoms with Gasteiger partial charge in [-0.3, -0.25) is 0 Å². The van der Waals surface area contributed by atoms with Crippen molar-refractivity contribution >= 4 is 43.2 Å². The summed E-state index contributed by atoms with van der Waals surface area (Å²) in [5.41, 5.74) is 0.264. The molecule has 0 fully saturated rings.